The average Bonchev–Trinajstić information content (AvgIpc) is 2.84. The van der Waals surface area contributed by atoms with Gasteiger partial charge in [0.1, 0.15) is 22.9 Å². The predicted molar refractivity (Wildman–Crippen MR) is 139 cm³/mol. The highest BCUT2D eigenvalue weighted by Crippen LogP contribution is 2.40. The lowest BCUT2D eigenvalue weighted by Gasteiger charge is -2.37. The molecular formula is C27H30F4N2O6S. The van der Waals surface area contributed by atoms with Gasteiger partial charge < -0.3 is 14.8 Å². The highest BCUT2D eigenvalue weighted by Gasteiger charge is 2.41. The zero-order chi connectivity index (χ0) is 29.7. The Morgan fingerprint density at radius 3 is 2.30 bits per heavy atom. The third kappa shape index (κ3) is 8.20. The van der Waals surface area contributed by atoms with E-state index in [1.807, 2.05) is 4.72 Å². The Hall–Kier alpha value is -3.61. The van der Waals surface area contributed by atoms with Crippen LogP contribution in [0.15, 0.2) is 48.0 Å². The van der Waals surface area contributed by atoms with Crippen molar-refractivity contribution in [2.45, 2.75) is 50.7 Å². The lowest BCUT2D eigenvalue weighted by molar-refractivity contribution is -0.135. The van der Waals surface area contributed by atoms with Gasteiger partial charge in [0.2, 0.25) is 10.0 Å². The standard InChI is InChI=1S/C27H30F4N2O6S/c1-26(21-12-11-19(15-22(21)28)39-14-6-4-5-13-27(29,30)31)16-20(17-7-9-18(38-2)10-8-17)23(24(34)32-26)25(35)33-40(3,36)37/h7-12,15H,4-6,13-14,16H2,1-3H3,(H,32,34)(H,33,35)/t26-/m0/s1. The number of nitrogens with one attached hydrogen (secondary N) is 2. The number of methoxy groups -OCH3 is 1. The van der Waals surface area contributed by atoms with Crippen LogP contribution in [-0.2, 0) is 25.2 Å². The Kier molecular flexibility index (Phi) is 9.49. The van der Waals surface area contributed by atoms with E-state index in [1.165, 1.54) is 19.2 Å². The van der Waals surface area contributed by atoms with Gasteiger partial charge in [-0.25, -0.2) is 17.5 Å². The van der Waals surface area contributed by atoms with E-state index in [-0.39, 0.29) is 36.3 Å². The maximum Gasteiger partial charge on any atom is 0.389 e. The molecule has 0 bridgehead atoms. The normalized spacial score (nSPS) is 17.8. The second kappa shape index (κ2) is 12.3. The fraction of sp³-hybridized carbons (Fsp3) is 0.407. The SMILES string of the molecule is COc1ccc(C2=C(C(=O)NS(C)(=O)=O)C(=O)N[C@](C)(c3ccc(OCCCCCC(F)(F)F)cc3F)C2)cc1. The number of benzene rings is 2. The van der Waals surface area contributed by atoms with Gasteiger partial charge in [0, 0.05) is 24.5 Å². The maximum absolute atomic E-state index is 15.3. The molecule has 2 aromatic carbocycles. The van der Waals surface area contributed by atoms with Crippen molar-refractivity contribution >= 4 is 27.4 Å². The van der Waals surface area contributed by atoms with E-state index < -0.39 is 51.4 Å². The maximum atomic E-state index is 15.3. The second-order valence-electron chi connectivity index (χ2n) is 9.66. The number of halogens is 4. The number of unbranched alkanes of at least 4 members (excludes halogenated alkanes) is 2. The minimum absolute atomic E-state index is 0.0214. The summed E-state index contributed by atoms with van der Waals surface area (Å²) in [4.78, 5) is 26.0. The largest absolute Gasteiger partial charge is 0.497 e. The monoisotopic (exact) mass is 586 g/mol. The number of hydrogen-bond donors (Lipinski definition) is 2. The number of carbonyl (C=O) groups is 2. The van der Waals surface area contributed by atoms with Gasteiger partial charge in [-0.2, -0.15) is 13.2 Å². The van der Waals surface area contributed by atoms with Crippen LogP contribution in [0.25, 0.3) is 5.57 Å². The van der Waals surface area contributed by atoms with Crippen LogP contribution < -0.4 is 19.5 Å². The first-order chi connectivity index (χ1) is 18.6. The van der Waals surface area contributed by atoms with Crippen LogP contribution >= 0.6 is 0 Å². The molecule has 2 amide bonds. The van der Waals surface area contributed by atoms with E-state index in [9.17, 15) is 31.2 Å². The Balaban J connectivity index is 1.86. The van der Waals surface area contributed by atoms with E-state index in [0.717, 1.165) is 12.3 Å². The summed E-state index contributed by atoms with van der Waals surface area (Å²) in [5.74, 6) is -2.04. The minimum atomic E-state index is -4.20. The first-order valence-electron chi connectivity index (χ1n) is 12.3. The Bertz CT molecular complexity index is 1390. The number of alkyl halides is 3. The highest BCUT2D eigenvalue weighted by molar-refractivity contribution is 7.89. The fourth-order valence-corrected chi connectivity index (χ4v) is 4.86. The van der Waals surface area contributed by atoms with Crippen molar-refractivity contribution in [3.63, 3.8) is 0 Å². The third-order valence-corrected chi connectivity index (χ3v) is 6.86. The van der Waals surface area contributed by atoms with Crippen molar-refractivity contribution in [1.29, 1.82) is 0 Å². The molecule has 1 aliphatic rings. The van der Waals surface area contributed by atoms with Crippen molar-refractivity contribution < 1.29 is 45.0 Å². The van der Waals surface area contributed by atoms with E-state index in [0.29, 0.717) is 24.2 Å². The van der Waals surface area contributed by atoms with Crippen molar-refractivity contribution in [1.82, 2.24) is 10.0 Å². The van der Waals surface area contributed by atoms with Crippen molar-refractivity contribution in [2.75, 3.05) is 20.0 Å². The molecule has 1 atom stereocenters. The molecule has 0 saturated carbocycles. The quantitative estimate of drug-likeness (QED) is 0.226. The fourth-order valence-electron chi connectivity index (χ4n) is 4.42. The Morgan fingerprint density at radius 1 is 1.07 bits per heavy atom. The molecule has 8 nitrogen and oxygen atoms in total. The molecule has 218 valence electrons. The molecule has 2 N–H and O–H groups in total. The number of ether oxygens (including phenoxy) is 2. The van der Waals surface area contributed by atoms with Gasteiger partial charge in [0.15, 0.2) is 0 Å². The lowest BCUT2D eigenvalue weighted by Crippen LogP contribution is -2.51. The van der Waals surface area contributed by atoms with Crippen LogP contribution in [0.5, 0.6) is 11.5 Å². The molecule has 0 spiro atoms. The van der Waals surface area contributed by atoms with Gasteiger partial charge in [0.05, 0.1) is 25.5 Å². The molecule has 0 fully saturated rings. The first kappa shape index (κ1) is 30.9. The second-order valence-corrected chi connectivity index (χ2v) is 11.4. The molecule has 40 heavy (non-hydrogen) atoms. The van der Waals surface area contributed by atoms with E-state index in [2.05, 4.69) is 5.32 Å². The van der Waals surface area contributed by atoms with Crippen LogP contribution in [0.3, 0.4) is 0 Å². The number of amides is 2. The molecular weight excluding hydrogens is 556 g/mol. The van der Waals surface area contributed by atoms with Crippen LogP contribution in [-0.4, -0.2) is 46.4 Å². The van der Waals surface area contributed by atoms with Gasteiger partial charge >= 0.3 is 6.18 Å². The molecule has 0 aliphatic carbocycles. The van der Waals surface area contributed by atoms with E-state index in [1.54, 1.807) is 31.2 Å². The summed E-state index contributed by atoms with van der Waals surface area (Å²) in [5, 5.41) is 2.64. The Labute approximate surface area is 229 Å². The summed E-state index contributed by atoms with van der Waals surface area (Å²) in [6, 6.07) is 10.4. The molecule has 1 heterocycles. The predicted octanol–water partition coefficient (Wildman–Crippen LogP) is 4.60. The molecule has 2 aromatic rings. The first-order valence-corrected chi connectivity index (χ1v) is 14.2. The van der Waals surface area contributed by atoms with Crippen molar-refractivity contribution in [3.8, 4) is 11.5 Å². The number of rotatable bonds is 11. The van der Waals surface area contributed by atoms with Gasteiger partial charge in [0.25, 0.3) is 11.8 Å². The highest BCUT2D eigenvalue weighted by atomic mass is 32.2. The van der Waals surface area contributed by atoms with Gasteiger partial charge in [-0.15, -0.1) is 0 Å². The molecule has 13 heteroatoms. The number of sulfonamides is 1. The number of carbonyl (C=O) groups excluding carboxylic acids is 2. The van der Waals surface area contributed by atoms with E-state index >= 15 is 4.39 Å². The summed E-state index contributed by atoms with van der Waals surface area (Å²) >= 11 is 0. The molecule has 0 saturated heterocycles. The molecule has 0 aromatic heterocycles. The van der Waals surface area contributed by atoms with Crippen LogP contribution in [0.4, 0.5) is 17.6 Å². The topological polar surface area (TPSA) is 111 Å². The third-order valence-electron chi connectivity index (χ3n) is 6.30. The minimum Gasteiger partial charge on any atom is -0.497 e. The molecule has 0 unspecified atom stereocenters. The van der Waals surface area contributed by atoms with Gasteiger partial charge in [-0.1, -0.05) is 18.2 Å². The summed E-state index contributed by atoms with van der Waals surface area (Å²) < 4.78 is 87.9. The van der Waals surface area contributed by atoms with Gasteiger partial charge in [-0.05, 0) is 55.5 Å². The molecule has 3 rings (SSSR count). The molecule has 1 aliphatic heterocycles. The van der Waals surface area contributed by atoms with E-state index in [4.69, 9.17) is 9.47 Å². The lowest BCUT2D eigenvalue weighted by atomic mass is 9.78. The number of hydrogen-bond acceptors (Lipinski definition) is 6. The summed E-state index contributed by atoms with van der Waals surface area (Å²) in [5.41, 5.74) is -1.02. The van der Waals surface area contributed by atoms with Crippen LogP contribution in [0.2, 0.25) is 0 Å². The Morgan fingerprint density at radius 2 is 1.73 bits per heavy atom. The average molecular weight is 587 g/mol. The van der Waals surface area contributed by atoms with Crippen molar-refractivity contribution in [3.05, 3.63) is 65.0 Å². The summed E-state index contributed by atoms with van der Waals surface area (Å²) in [6.07, 6.45) is -3.71. The van der Waals surface area contributed by atoms with Crippen LogP contribution in [0.1, 0.15) is 50.2 Å². The zero-order valence-corrected chi connectivity index (χ0v) is 23.0. The van der Waals surface area contributed by atoms with Gasteiger partial charge in [-0.3, -0.25) is 9.59 Å². The smallest absolute Gasteiger partial charge is 0.389 e. The van der Waals surface area contributed by atoms with Crippen molar-refractivity contribution in [2.24, 2.45) is 0 Å². The van der Waals surface area contributed by atoms with Crippen LogP contribution in [0, 0.1) is 5.82 Å². The molecule has 0 radical (unpaired) electrons. The zero-order valence-electron chi connectivity index (χ0n) is 22.2. The summed E-state index contributed by atoms with van der Waals surface area (Å²) in [6.45, 7) is 1.67. The summed E-state index contributed by atoms with van der Waals surface area (Å²) in [7, 11) is -2.52.